The zero-order chi connectivity index (χ0) is 35.2. The van der Waals surface area contributed by atoms with Crippen LogP contribution in [0.5, 0.6) is 17.2 Å². The Morgan fingerprint density at radius 2 is 1.60 bits per heavy atom. The lowest BCUT2D eigenvalue weighted by Gasteiger charge is -2.44. The Labute approximate surface area is 301 Å². The molecule has 1 aromatic heterocycles. The number of anilines is 1. The van der Waals surface area contributed by atoms with Crippen molar-refractivity contribution in [3.63, 3.8) is 0 Å². The molecule has 0 aliphatic carbocycles. The van der Waals surface area contributed by atoms with Gasteiger partial charge in [-0.05, 0) is 91.5 Å². The van der Waals surface area contributed by atoms with Crippen LogP contribution in [0.15, 0.2) is 79.1 Å². The van der Waals surface area contributed by atoms with Crippen LogP contribution >= 0.6 is 23.2 Å². The lowest BCUT2D eigenvalue weighted by atomic mass is 9.86. The number of aromatic nitrogens is 1. The van der Waals surface area contributed by atoms with Gasteiger partial charge in [-0.25, -0.2) is 14.6 Å². The third-order valence-electron chi connectivity index (χ3n) is 9.37. The normalized spacial score (nSPS) is 19.2. The summed E-state index contributed by atoms with van der Waals surface area (Å²) in [6.45, 7) is 2.85. The molecule has 50 heavy (non-hydrogen) atoms. The Morgan fingerprint density at radius 3 is 2.24 bits per heavy atom. The standard InChI is InChI=1S/C38H39Cl2N3O7/c1-46-28-6-4-5-26(17-28)36(38(45)50-35-22-43-15-13-23(35)14-16-43)42-27-10-7-24(8-11-27)37(44)49-33(19-29-30(39)20-41-21-31(29)40)25-9-12-32(47-2)34(18-25)48-3/h4-12,17-18,20-21,23,33,35-36,42H,13-16,19,22H2,1-3H3/p+1/t33?,35-,36?/m0/s1. The van der Waals surface area contributed by atoms with E-state index in [1.54, 1.807) is 69.1 Å². The van der Waals surface area contributed by atoms with Gasteiger partial charge in [0.15, 0.2) is 29.9 Å². The van der Waals surface area contributed by atoms with Gasteiger partial charge in [0.2, 0.25) is 0 Å². The highest BCUT2D eigenvalue weighted by atomic mass is 35.5. The van der Waals surface area contributed by atoms with E-state index < -0.39 is 18.1 Å². The van der Waals surface area contributed by atoms with Crippen molar-refractivity contribution in [1.82, 2.24) is 4.90 Å². The predicted octanol–water partition coefficient (Wildman–Crippen LogP) is 6.76. The number of nitrogens with zero attached hydrogens (tertiary/aromatic N) is 1. The van der Waals surface area contributed by atoms with Crippen LogP contribution in [0.4, 0.5) is 5.69 Å². The number of piperidine rings is 3. The van der Waals surface area contributed by atoms with Crippen LogP contribution in [0.25, 0.3) is 0 Å². The molecule has 0 saturated carbocycles. The number of pyridine rings is 1. The number of H-pyrrole nitrogens is 1. The first-order valence-electron chi connectivity index (χ1n) is 16.5. The molecule has 0 spiro atoms. The Kier molecular flexibility index (Phi) is 11.3. The second-order valence-electron chi connectivity index (χ2n) is 12.4. The van der Waals surface area contributed by atoms with E-state index in [1.807, 2.05) is 24.3 Å². The number of nitrogens with one attached hydrogen (secondary N) is 2. The summed E-state index contributed by atoms with van der Waals surface area (Å²) in [6, 6.07) is 18.6. The van der Waals surface area contributed by atoms with E-state index in [0.29, 0.717) is 61.2 Å². The van der Waals surface area contributed by atoms with Gasteiger partial charge in [-0.15, -0.1) is 0 Å². The van der Waals surface area contributed by atoms with E-state index in [1.165, 1.54) is 7.11 Å². The minimum atomic E-state index is -0.801. The monoisotopic (exact) mass is 720 g/mol. The number of fused-ring (bicyclic) bond motifs is 3. The maximum atomic E-state index is 13.8. The zero-order valence-electron chi connectivity index (χ0n) is 28.1. The zero-order valence-corrected chi connectivity index (χ0v) is 29.6. The van der Waals surface area contributed by atoms with E-state index in [2.05, 4.69) is 15.2 Å². The molecule has 3 fully saturated rings. The minimum Gasteiger partial charge on any atom is -0.497 e. The number of ether oxygens (including phenoxy) is 5. The summed E-state index contributed by atoms with van der Waals surface area (Å²) in [7, 11) is 4.67. The maximum Gasteiger partial charge on any atom is 0.338 e. The van der Waals surface area contributed by atoms with Crippen molar-refractivity contribution in [2.45, 2.75) is 37.5 Å². The van der Waals surface area contributed by atoms with Crippen LogP contribution in [0.1, 0.15) is 52.0 Å². The minimum absolute atomic E-state index is 0.144. The SMILES string of the molecule is COc1cccc(C(Nc2ccc(C(=O)OC(Cc3c(Cl)c[nH+]cc3Cl)c3ccc(OC)c(OC)c3)cc2)C(=O)O[C@H]2CN3CCC2CC3)c1. The molecule has 0 radical (unpaired) electrons. The molecular formula is C38H40Cl2N3O7+. The van der Waals surface area contributed by atoms with Gasteiger partial charge in [0.05, 0.1) is 26.9 Å². The van der Waals surface area contributed by atoms with Gasteiger partial charge in [-0.3, -0.25) is 4.90 Å². The number of rotatable bonds is 13. The molecule has 3 atom stereocenters. The molecule has 3 aromatic carbocycles. The summed E-state index contributed by atoms with van der Waals surface area (Å²) in [5.41, 5.74) is 2.92. The summed E-state index contributed by atoms with van der Waals surface area (Å²) < 4.78 is 28.6. The van der Waals surface area contributed by atoms with Crippen molar-refractivity contribution in [3.8, 4) is 17.2 Å². The highest BCUT2D eigenvalue weighted by Gasteiger charge is 2.38. The molecule has 12 heteroatoms. The van der Waals surface area contributed by atoms with Crippen LogP contribution in [-0.2, 0) is 20.7 Å². The molecule has 2 N–H and O–H groups in total. The number of methoxy groups -OCH3 is 3. The molecule has 2 bridgehead atoms. The molecule has 4 aromatic rings. The largest absolute Gasteiger partial charge is 0.497 e. The molecular weight excluding hydrogens is 681 g/mol. The predicted molar refractivity (Wildman–Crippen MR) is 189 cm³/mol. The van der Waals surface area contributed by atoms with E-state index in [4.69, 9.17) is 46.9 Å². The van der Waals surface area contributed by atoms with Gasteiger partial charge in [0.1, 0.15) is 28.0 Å². The number of carbonyl (C=O) groups excluding carboxylic acids is 2. The lowest BCUT2D eigenvalue weighted by Crippen LogP contribution is -2.52. The number of aromatic amines is 1. The molecule has 3 saturated heterocycles. The van der Waals surface area contributed by atoms with Crippen molar-refractivity contribution in [2.75, 3.05) is 46.3 Å². The fourth-order valence-corrected chi connectivity index (χ4v) is 7.10. The number of carbonyl (C=O) groups is 2. The van der Waals surface area contributed by atoms with Gasteiger partial charge < -0.3 is 29.0 Å². The van der Waals surface area contributed by atoms with Crippen molar-refractivity contribution in [3.05, 3.63) is 111 Å². The van der Waals surface area contributed by atoms with Crippen molar-refractivity contribution < 1.29 is 38.3 Å². The number of benzene rings is 3. The molecule has 3 aliphatic rings. The van der Waals surface area contributed by atoms with Crippen LogP contribution in [-0.4, -0.2) is 63.9 Å². The third kappa shape index (κ3) is 8.09. The molecule has 10 nitrogen and oxygen atoms in total. The first-order valence-corrected chi connectivity index (χ1v) is 17.2. The van der Waals surface area contributed by atoms with E-state index >= 15 is 0 Å². The number of hydrogen-bond acceptors (Lipinski definition) is 9. The smallest absolute Gasteiger partial charge is 0.338 e. The Morgan fingerprint density at radius 1 is 0.880 bits per heavy atom. The summed E-state index contributed by atoms with van der Waals surface area (Å²) in [4.78, 5) is 32.6. The van der Waals surface area contributed by atoms with Gasteiger partial charge in [-0.1, -0.05) is 41.4 Å². The van der Waals surface area contributed by atoms with Gasteiger partial charge in [0.25, 0.3) is 0 Å². The molecule has 2 unspecified atom stereocenters. The second-order valence-corrected chi connectivity index (χ2v) is 13.2. The third-order valence-corrected chi connectivity index (χ3v) is 10.0. The average Bonchev–Trinajstić information content (AvgIpc) is 3.15. The highest BCUT2D eigenvalue weighted by molar-refractivity contribution is 6.35. The van der Waals surface area contributed by atoms with E-state index in [-0.39, 0.29) is 18.5 Å². The quantitative estimate of drug-likeness (QED) is 0.150. The van der Waals surface area contributed by atoms with Crippen LogP contribution in [0.2, 0.25) is 10.0 Å². The topological polar surface area (TPSA) is 110 Å². The van der Waals surface area contributed by atoms with Crippen molar-refractivity contribution in [2.24, 2.45) is 5.92 Å². The first kappa shape index (κ1) is 35.3. The Balaban J connectivity index is 1.22. The lowest BCUT2D eigenvalue weighted by molar-refractivity contribution is -0.377. The summed E-state index contributed by atoms with van der Waals surface area (Å²) in [6.07, 6.45) is 4.59. The summed E-state index contributed by atoms with van der Waals surface area (Å²) in [5.74, 6) is 1.09. The van der Waals surface area contributed by atoms with Crippen LogP contribution < -0.4 is 24.5 Å². The van der Waals surface area contributed by atoms with Crippen molar-refractivity contribution in [1.29, 1.82) is 0 Å². The van der Waals surface area contributed by atoms with E-state index in [9.17, 15) is 9.59 Å². The second kappa shape index (κ2) is 16.0. The fourth-order valence-electron chi connectivity index (χ4n) is 6.56. The number of halogens is 2. The molecule has 0 amide bonds. The molecule has 7 rings (SSSR count). The van der Waals surface area contributed by atoms with Gasteiger partial charge >= 0.3 is 11.9 Å². The average molecular weight is 722 g/mol. The molecule has 3 aliphatic heterocycles. The molecule has 4 heterocycles. The number of esters is 2. The van der Waals surface area contributed by atoms with Crippen LogP contribution in [0.3, 0.4) is 0 Å². The first-order chi connectivity index (χ1) is 24.3. The van der Waals surface area contributed by atoms with Gasteiger partial charge in [-0.2, -0.15) is 0 Å². The molecule has 262 valence electrons. The van der Waals surface area contributed by atoms with Gasteiger partial charge in [0, 0.05) is 24.2 Å². The Bertz CT molecular complexity index is 1790. The maximum absolute atomic E-state index is 13.8. The summed E-state index contributed by atoms with van der Waals surface area (Å²) in [5, 5.41) is 4.15. The van der Waals surface area contributed by atoms with Crippen LogP contribution in [0, 0.1) is 5.92 Å². The number of hydrogen-bond donors (Lipinski definition) is 1. The van der Waals surface area contributed by atoms with Crippen molar-refractivity contribution >= 4 is 40.8 Å². The fraction of sp³-hybridized carbons (Fsp3) is 0.342. The van der Waals surface area contributed by atoms with E-state index in [0.717, 1.165) is 32.5 Å². The highest BCUT2D eigenvalue weighted by Crippen LogP contribution is 2.36. The Hall–Kier alpha value is -4.51. The summed E-state index contributed by atoms with van der Waals surface area (Å²) >= 11 is 13.0.